The zero-order valence-electron chi connectivity index (χ0n) is 13.3. The molecule has 0 N–H and O–H groups in total. The van der Waals surface area contributed by atoms with Gasteiger partial charge in [-0.3, -0.25) is 4.79 Å². The van der Waals surface area contributed by atoms with E-state index in [1.807, 2.05) is 52.0 Å². The molecular weight excluding hydrogens is 276 g/mol. The molecular formula is C19H20O3. The molecule has 0 bridgehead atoms. The molecule has 0 radical (unpaired) electrons. The number of hydrogen-bond donors (Lipinski definition) is 0. The second-order valence-electron chi connectivity index (χ2n) is 6.22. The molecule has 2 aromatic rings. The van der Waals surface area contributed by atoms with Crippen molar-refractivity contribution < 1.29 is 14.3 Å². The molecule has 0 fully saturated rings. The van der Waals surface area contributed by atoms with E-state index in [2.05, 4.69) is 0 Å². The Hall–Kier alpha value is -2.42. The molecule has 0 saturated heterocycles. The summed E-state index contributed by atoms with van der Waals surface area (Å²) < 4.78 is 5.34. The highest BCUT2D eigenvalue weighted by Crippen LogP contribution is 2.25. The predicted octanol–water partition coefficient (Wildman–Crippen LogP) is 4.43. The van der Waals surface area contributed by atoms with E-state index in [1.165, 1.54) is 0 Å². The van der Waals surface area contributed by atoms with E-state index >= 15 is 0 Å². The molecule has 0 spiro atoms. The van der Waals surface area contributed by atoms with Gasteiger partial charge in [-0.1, -0.05) is 30.3 Å². The summed E-state index contributed by atoms with van der Waals surface area (Å²) in [5.74, 6) is -0.336. The van der Waals surface area contributed by atoms with Gasteiger partial charge in [0.1, 0.15) is 11.9 Å². The lowest BCUT2D eigenvalue weighted by atomic mass is 9.96. The van der Waals surface area contributed by atoms with Crippen LogP contribution in [0.4, 0.5) is 0 Å². The molecule has 0 aliphatic heterocycles. The van der Waals surface area contributed by atoms with Crippen LogP contribution in [0.15, 0.2) is 42.5 Å². The zero-order chi connectivity index (χ0) is 16.3. The molecule has 0 unspecified atom stereocenters. The maximum atomic E-state index is 12.0. The second-order valence-corrected chi connectivity index (χ2v) is 6.22. The van der Waals surface area contributed by atoms with Crippen molar-refractivity contribution in [1.82, 2.24) is 0 Å². The summed E-state index contributed by atoms with van der Waals surface area (Å²) in [4.78, 5) is 23.0. The number of benzene rings is 2. The third kappa shape index (κ3) is 3.61. The minimum atomic E-state index is -0.509. The number of ether oxygens (including phenoxy) is 1. The highest BCUT2D eigenvalue weighted by Gasteiger charge is 2.17. The molecule has 114 valence electrons. The summed E-state index contributed by atoms with van der Waals surface area (Å²) in [7, 11) is 0. The van der Waals surface area contributed by atoms with Crippen molar-refractivity contribution in [2.45, 2.75) is 33.3 Å². The van der Waals surface area contributed by atoms with Gasteiger partial charge in [-0.15, -0.1) is 0 Å². The van der Waals surface area contributed by atoms with Crippen molar-refractivity contribution in [3.63, 3.8) is 0 Å². The second kappa shape index (κ2) is 6.14. The normalized spacial score (nSPS) is 11.1. The van der Waals surface area contributed by atoms with Crippen molar-refractivity contribution >= 4 is 12.3 Å². The highest BCUT2D eigenvalue weighted by molar-refractivity contribution is 5.90. The standard InChI is InChI=1S/C19H20O3/c1-13-16(12-20)6-5-7-17(13)14-8-10-15(11-9-14)18(21)22-19(2,3)4/h5-12H,1-4H3. The lowest BCUT2D eigenvalue weighted by molar-refractivity contribution is 0.00695. The topological polar surface area (TPSA) is 43.4 Å². The number of hydrogen-bond acceptors (Lipinski definition) is 3. The molecule has 0 amide bonds. The Balaban J connectivity index is 2.30. The van der Waals surface area contributed by atoms with E-state index < -0.39 is 5.60 Å². The van der Waals surface area contributed by atoms with Crippen LogP contribution in [0.2, 0.25) is 0 Å². The highest BCUT2D eigenvalue weighted by atomic mass is 16.6. The van der Waals surface area contributed by atoms with Crippen LogP contribution in [0.1, 0.15) is 47.1 Å². The van der Waals surface area contributed by atoms with Crippen molar-refractivity contribution in [2.75, 3.05) is 0 Å². The zero-order valence-corrected chi connectivity index (χ0v) is 13.3. The smallest absolute Gasteiger partial charge is 0.338 e. The van der Waals surface area contributed by atoms with Crippen LogP contribution in [0, 0.1) is 6.92 Å². The number of esters is 1. The summed E-state index contributed by atoms with van der Waals surface area (Å²) in [6.07, 6.45) is 0.855. The molecule has 0 aliphatic rings. The first-order valence-corrected chi connectivity index (χ1v) is 7.20. The number of carbonyl (C=O) groups excluding carboxylic acids is 2. The summed E-state index contributed by atoms with van der Waals surface area (Å²) in [6, 6.07) is 12.8. The average Bonchev–Trinajstić information content (AvgIpc) is 2.46. The van der Waals surface area contributed by atoms with E-state index in [4.69, 9.17) is 4.74 Å². The molecule has 0 atom stereocenters. The lowest BCUT2D eigenvalue weighted by Gasteiger charge is -2.19. The summed E-state index contributed by atoms with van der Waals surface area (Å²) in [5, 5.41) is 0. The van der Waals surface area contributed by atoms with Gasteiger partial charge in [0.15, 0.2) is 0 Å². The molecule has 3 heteroatoms. The summed E-state index contributed by atoms with van der Waals surface area (Å²) in [5.41, 5.74) is 3.57. The van der Waals surface area contributed by atoms with Gasteiger partial charge in [0.05, 0.1) is 5.56 Å². The Kier molecular flexibility index (Phi) is 4.45. The predicted molar refractivity (Wildman–Crippen MR) is 87.2 cm³/mol. The lowest BCUT2D eigenvalue weighted by Crippen LogP contribution is -2.23. The van der Waals surface area contributed by atoms with Gasteiger partial charge in [0.25, 0.3) is 0 Å². The van der Waals surface area contributed by atoms with Crippen LogP contribution in [-0.2, 0) is 4.74 Å². The Morgan fingerprint density at radius 1 is 1.05 bits per heavy atom. The first kappa shape index (κ1) is 16.0. The van der Waals surface area contributed by atoms with Crippen molar-refractivity contribution in [1.29, 1.82) is 0 Å². The Labute approximate surface area is 130 Å². The van der Waals surface area contributed by atoms with Crippen LogP contribution in [0.3, 0.4) is 0 Å². The van der Waals surface area contributed by atoms with E-state index in [0.29, 0.717) is 11.1 Å². The first-order valence-electron chi connectivity index (χ1n) is 7.20. The molecule has 0 aromatic heterocycles. The summed E-state index contributed by atoms with van der Waals surface area (Å²) in [6.45, 7) is 7.44. The fourth-order valence-corrected chi connectivity index (χ4v) is 2.22. The number of aldehydes is 1. The molecule has 3 nitrogen and oxygen atoms in total. The SMILES string of the molecule is Cc1c(C=O)cccc1-c1ccc(C(=O)OC(C)(C)C)cc1. The van der Waals surface area contributed by atoms with Gasteiger partial charge >= 0.3 is 5.97 Å². The van der Waals surface area contributed by atoms with E-state index in [9.17, 15) is 9.59 Å². The maximum absolute atomic E-state index is 12.0. The van der Waals surface area contributed by atoms with Crippen LogP contribution < -0.4 is 0 Å². The Morgan fingerprint density at radius 3 is 2.23 bits per heavy atom. The van der Waals surface area contributed by atoms with Gasteiger partial charge in [-0.05, 0) is 56.5 Å². The van der Waals surface area contributed by atoms with Gasteiger partial charge < -0.3 is 4.74 Å². The molecule has 0 aliphatic carbocycles. The van der Waals surface area contributed by atoms with Crippen molar-refractivity contribution in [2.24, 2.45) is 0 Å². The maximum Gasteiger partial charge on any atom is 0.338 e. The van der Waals surface area contributed by atoms with Gasteiger partial charge in [-0.25, -0.2) is 4.79 Å². The van der Waals surface area contributed by atoms with E-state index in [-0.39, 0.29) is 5.97 Å². The van der Waals surface area contributed by atoms with Crippen LogP contribution in [-0.4, -0.2) is 17.9 Å². The van der Waals surface area contributed by atoms with Gasteiger partial charge in [0.2, 0.25) is 0 Å². The van der Waals surface area contributed by atoms with Crippen molar-refractivity contribution in [3.05, 3.63) is 59.2 Å². The number of carbonyl (C=O) groups is 2. The minimum absolute atomic E-state index is 0.336. The minimum Gasteiger partial charge on any atom is -0.456 e. The summed E-state index contributed by atoms with van der Waals surface area (Å²) >= 11 is 0. The molecule has 2 aromatic carbocycles. The fraction of sp³-hybridized carbons (Fsp3) is 0.263. The van der Waals surface area contributed by atoms with Gasteiger partial charge in [-0.2, -0.15) is 0 Å². The van der Waals surface area contributed by atoms with Crippen LogP contribution >= 0.6 is 0 Å². The van der Waals surface area contributed by atoms with Gasteiger partial charge in [0, 0.05) is 5.56 Å². The molecule has 22 heavy (non-hydrogen) atoms. The molecule has 0 saturated carbocycles. The van der Waals surface area contributed by atoms with E-state index in [0.717, 1.165) is 23.0 Å². The largest absolute Gasteiger partial charge is 0.456 e. The van der Waals surface area contributed by atoms with E-state index in [1.54, 1.807) is 18.2 Å². The monoisotopic (exact) mass is 296 g/mol. The first-order chi connectivity index (χ1) is 10.3. The number of rotatable bonds is 3. The molecule has 2 rings (SSSR count). The quantitative estimate of drug-likeness (QED) is 0.621. The third-order valence-corrected chi connectivity index (χ3v) is 3.33. The Bertz CT molecular complexity index is 692. The third-order valence-electron chi connectivity index (χ3n) is 3.33. The Morgan fingerprint density at radius 2 is 1.68 bits per heavy atom. The van der Waals surface area contributed by atoms with Crippen LogP contribution in [0.5, 0.6) is 0 Å². The average molecular weight is 296 g/mol. The fourth-order valence-electron chi connectivity index (χ4n) is 2.22. The van der Waals surface area contributed by atoms with Crippen LogP contribution in [0.25, 0.3) is 11.1 Å². The molecule has 0 heterocycles. The van der Waals surface area contributed by atoms with Crippen molar-refractivity contribution in [3.8, 4) is 11.1 Å².